The van der Waals surface area contributed by atoms with Crippen molar-refractivity contribution in [3.05, 3.63) is 65.3 Å². The smallest absolute Gasteiger partial charge is 0.272 e. The van der Waals surface area contributed by atoms with Crippen LogP contribution in [0, 0.1) is 5.92 Å². The highest BCUT2D eigenvalue weighted by molar-refractivity contribution is 7.18. The van der Waals surface area contributed by atoms with Crippen LogP contribution in [-0.4, -0.2) is 57.5 Å². The van der Waals surface area contributed by atoms with Crippen LogP contribution in [0.15, 0.2) is 54.7 Å². The molecule has 4 heterocycles. The number of likely N-dealkylation sites (tertiary alicyclic amines) is 1. The van der Waals surface area contributed by atoms with E-state index < -0.39 is 0 Å². The molecule has 0 spiro atoms. The molecule has 4 aromatic rings. The van der Waals surface area contributed by atoms with Crippen molar-refractivity contribution in [2.45, 2.75) is 6.54 Å². The minimum absolute atomic E-state index is 0.0744. The van der Waals surface area contributed by atoms with Crippen molar-refractivity contribution in [3.63, 3.8) is 0 Å². The van der Waals surface area contributed by atoms with Gasteiger partial charge in [-0.1, -0.05) is 24.3 Å². The maximum atomic E-state index is 12.8. The zero-order chi connectivity index (χ0) is 20.7. The monoisotopic (exact) mass is 418 g/mol. The van der Waals surface area contributed by atoms with Crippen LogP contribution in [0.25, 0.3) is 21.1 Å². The number of phenols is 1. The fourth-order valence-electron chi connectivity index (χ4n) is 4.04. The molecule has 7 heteroatoms. The minimum Gasteiger partial charge on any atom is -0.506 e. The lowest BCUT2D eigenvalue weighted by atomic mass is 9.99. The molecule has 0 aliphatic carbocycles. The standard InChI is InChI=1S/C23H22N4O2S/c1-26(14-18-10-17-5-3-9-24-22(17)30-18)11-15-12-27(13-15)23(29)19-8-7-16-4-2-6-20(28)21(16)25-19/h2-10,15,28H,11-14H2,1H3. The number of hydrogen-bond donors (Lipinski definition) is 1. The molecule has 1 aromatic carbocycles. The number of carbonyl (C=O) groups excluding carboxylic acids is 1. The van der Waals surface area contributed by atoms with Crippen LogP contribution in [0.4, 0.5) is 0 Å². The van der Waals surface area contributed by atoms with Gasteiger partial charge in [-0.05, 0) is 31.3 Å². The van der Waals surface area contributed by atoms with E-state index in [0.29, 0.717) is 17.1 Å². The van der Waals surface area contributed by atoms with E-state index in [9.17, 15) is 9.90 Å². The topological polar surface area (TPSA) is 69.6 Å². The first kappa shape index (κ1) is 19.0. The van der Waals surface area contributed by atoms with Gasteiger partial charge in [0.2, 0.25) is 0 Å². The third-order valence-electron chi connectivity index (χ3n) is 5.50. The van der Waals surface area contributed by atoms with Crippen molar-refractivity contribution in [3.8, 4) is 5.75 Å². The summed E-state index contributed by atoms with van der Waals surface area (Å²) in [6.45, 7) is 3.30. The Labute approximate surface area is 178 Å². The third-order valence-corrected chi connectivity index (χ3v) is 6.55. The van der Waals surface area contributed by atoms with Crippen molar-refractivity contribution in [1.82, 2.24) is 19.8 Å². The summed E-state index contributed by atoms with van der Waals surface area (Å²) in [6, 6.07) is 15.1. The van der Waals surface area contributed by atoms with Gasteiger partial charge in [0, 0.05) is 53.9 Å². The summed E-state index contributed by atoms with van der Waals surface area (Å²) in [4.78, 5) is 28.1. The maximum Gasteiger partial charge on any atom is 0.272 e. The molecule has 3 aromatic heterocycles. The van der Waals surface area contributed by atoms with E-state index in [1.807, 2.05) is 29.3 Å². The second-order valence-corrected chi connectivity index (χ2v) is 9.04. The number of para-hydroxylation sites is 1. The highest BCUT2D eigenvalue weighted by Crippen LogP contribution is 2.26. The van der Waals surface area contributed by atoms with Crippen molar-refractivity contribution in [2.24, 2.45) is 5.92 Å². The van der Waals surface area contributed by atoms with E-state index in [4.69, 9.17) is 0 Å². The molecule has 1 aliphatic heterocycles. The second-order valence-electron chi connectivity index (χ2n) is 7.93. The fourth-order valence-corrected chi connectivity index (χ4v) is 5.12. The first-order valence-electron chi connectivity index (χ1n) is 9.97. The summed E-state index contributed by atoms with van der Waals surface area (Å²) in [5, 5.41) is 12.0. The summed E-state index contributed by atoms with van der Waals surface area (Å²) in [7, 11) is 2.12. The quantitative estimate of drug-likeness (QED) is 0.535. The zero-order valence-electron chi connectivity index (χ0n) is 16.7. The van der Waals surface area contributed by atoms with E-state index in [1.54, 1.807) is 29.5 Å². The predicted octanol–water partition coefficient (Wildman–Crippen LogP) is 3.75. The highest BCUT2D eigenvalue weighted by Gasteiger charge is 2.32. The molecule has 1 fully saturated rings. The molecule has 0 atom stereocenters. The van der Waals surface area contributed by atoms with E-state index in [1.165, 1.54) is 10.3 Å². The van der Waals surface area contributed by atoms with Crippen molar-refractivity contribution in [1.29, 1.82) is 0 Å². The van der Waals surface area contributed by atoms with Crippen molar-refractivity contribution >= 4 is 38.4 Å². The summed E-state index contributed by atoms with van der Waals surface area (Å²) in [5.41, 5.74) is 0.853. The number of phenolic OH excluding ortho intramolecular Hbond substituents is 1. The highest BCUT2D eigenvalue weighted by atomic mass is 32.1. The van der Waals surface area contributed by atoms with Gasteiger partial charge in [-0.2, -0.15) is 0 Å². The van der Waals surface area contributed by atoms with Gasteiger partial charge in [-0.3, -0.25) is 4.79 Å². The number of hydrogen-bond acceptors (Lipinski definition) is 6. The van der Waals surface area contributed by atoms with Crippen LogP contribution >= 0.6 is 11.3 Å². The molecule has 1 N–H and O–H groups in total. The molecular weight excluding hydrogens is 396 g/mol. The van der Waals surface area contributed by atoms with Crippen LogP contribution in [0.2, 0.25) is 0 Å². The third kappa shape index (κ3) is 3.62. The Kier molecular flexibility index (Phi) is 4.84. The number of aromatic hydroxyl groups is 1. The average Bonchev–Trinajstić information content (AvgIpc) is 3.12. The van der Waals surface area contributed by atoms with Crippen molar-refractivity contribution in [2.75, 3.05) is 26.7 Å². The molecule has 1 aliphatic rings. The summed E-state index contributed by atoms with van der Waals surface area (Å²) < 4.78 is 0. The van der Waals surface area contributed by atoms with Crippen LogP contribution < -0.4 is 0 Å². The van der Waals surface area contributed by atoms with Crippen LogP contribution in [0.5, 0.6) is 5.75 Å². The molecule has 5 rings (SSSR count). The molecule has 0 unspecified atom stereocenters. The molecule has 152 valence electrons. The Morgan fingerprint density at radius 2 is 2.03 bits per heavy atom. The van der Waals surface area contributed by atoms with Gasteiger partial charge in [0.15, 0.2) is 0 Å². The number of aromatic nitrogens is 2. The number of pyridine rings is 2. The van der Waals surface area contributed by atoms with Gasteiger partial charge in [0.25, 0.3) is 5.91 Å². The Bertz CT molecular complexity index is 1200. The molecular formula is C23H22N4O2S. The SMILES string of the molecule is CN(Cc1cc2cccnc2s1)CC1CN(C(=O)c2ccc3cccc(O)c3n2)C1. The van der Waals surface area contributed by atoms with Crippen molar-refractivity contribution < 1.29 is 9.90 Å². The Hall–Kier alpha value is -3.03. The van der Waals surface area contributed by atoms with E-state index in [-0.39, 0.29) is 11.7 Å². The molecule has 0 radical (unpaired) electrons. The number of fused-ring (bicyclic) bond motifs is 2. The fraction of sp³-hybridized carbons (Fsp3) is 0.261. The Balaban J connectivity index is 1.18. The molecule has 1 amide bonds. The largest absolute Gasteiger partial charge is 0.506 e. The lowest BCUT2D eigenvalue weighted by Crippen LogP contribution is -2.53. The number of thiophene rings is 1. The first-order chi connectivity index (χ1) is 14.6. The van der Waals surface area contributed by atoms with Crippen LogP contribution in [0.1, 0.15) is 15.4 Å². The Morgan fingerprint density at radius 1 is 1.20 bits per heavy atom. The summed E-state index contributed by atoms with van der Waals surface area (Å²) in [5.74, 6) is 0.483. The molecule has 1 saturated heterocycles. The number of amides is 1. The van der Waals surface area contributed by atoms with Gasteiger partial charge in [-0.25, -0.2) is 9.97 Å². The van der Waals surface area contributed by atoms with Crippen LogP contribution in [0.3, 0.4) is 0 Å². The minimum atomic E-state index is -0.0744. The normalized spacial score (nSPS) is 14.5. The molecule has 30 heavy (non-hydrogen) atoms. The molecule has 0 bridgehead atoms. The molecule has 0 saturated carbocycles. The molecule has 6 nitrogen and oxygen atoms in total. The van der Waals surface area contributed by atoms with Gasteiger partial charge >= 0.3 is 0 Å². The number of carbonyl (C=O) groups is 1. The summed E-state index contributed by atoms with van der Waals surface area (Å²) >= 11 is 1.74. The lowest BCUT2D eigenvalue weighted by molar-refractivity contribution is 0.0424. The Morgan fingerprint density at radius 3 is 2.87 bits per heavy atom. The maximum absolute atomic E-state index is 12.8. The average molecular weight is 419 g/mol. The van der Waals surface area contributed by atoms with E-state index >= 15 is 0 Å². The zero-order valence-corrected chi connectivity index (χ0v) is 17.5. The van der Waals surface area contributed by atoms with Gasteiger partial charge in [0.1, 0.15) is 21.8 Å². The van der Waals surface area contributed by atoms with E-state index in [0.717, 1.165) is 36.4 Å². The van der Waals surface area contributed by atoms with Crippen LogP contribution in [-0.2, 0) is 6.54 Å². The number of nitrogens with zero attached hydrogens (tertiary/aromatic N) is 4. The predicted molar refractivity (Wildman–Crippen MR) is 119 cm³/mol. The first-order valence-corrected chi connectivity index (χ1v) is 10.8. The van der Waals surface area contributed by atoms with Gasteiger partial charge in [-0.15, -0.1) is 11.3 Å². The van der Waals surface area contributed by atoms with E-state index in [2.05, 4.69) is 34.0 Å². The van der Waals surface area contributed by atoms with Gasteiger partial charge < -0.3 is 14.9 Å². The second kappa shape index (κ2) is 7.66. The lowest BCUT2D eigenvalue weighted by Gasteiger charge is -2.40. The summed E-state index contributed by atoms with van der Waals surface area (Å²) in [6.07, 6.45) is 1.83. The van der Waals surface area contributed by atoms with Gasteiger partial charge in [0.05, 0.1) is 0 Å². The number of rotatable bonds is 5. The number of benzene rings is 1.